The number of fused-ring (bicyclic) bond motifs is 1. The average Bonchev–Trinajstić information content (AvgIpc) is 2.44. The normalized spacial score (nSPS) is 12.5. The predicted molar refractivity (Wildman–Crippen MR) is 52.2 cm³/mol. The van der Waals surface area contributed by atoms with Gasteiger partial charge in [-0.25, -0.2) is 0 Å². The molecule has 1 aromatic carbocycles. The molecule has 0 unspecified atom stereocenters. The third kappa shape index (κ3) is 1.08. The van der Waals surface area contributed by atoms with Crippen LogP contribution in [0.2, 0.25) is 0 Å². The highest BCUT2D eigenvalue weighted by molar-refractivity contribution is 7.16. The molecule has 1 aromatic heterocycles. The molecule has 13 heavy (non-hydrogen) atoms. The van der Waals surface area contributed by atoms with E-state index in [9.17, 15) is 5.11 Å². The Hall–Kier alpha value is -1.49. The van der Waals surface area contributed by atoms with E-state index in [4.69, 9.17) is 5.84 Å². The first-order chi connectivity index (χ1) is 6.24. The van der Waals surface area contributed by atoms with Crippen LogP contribution in [0.1, 0.15) is 0 Å². The van der Waals surface area contributed by atoms with Gasteiger partial charge in [-0.05, 0) is 12.1 Å². The molecule has 0 aliphatic heterocycles. The fraction of sp³-hybridized carbons (Fsp3) is 0.125. The fourth-order valence-corrected chi connectivity index (χ4v) is 2.27. The van der Waals surface area contributed by atoms with Gasteiger partial charge in [-0.2, -0.15) is 5.10 Å². The van der Waals surface area contributed by atoms with E-state index >= 15 is 0 Å². The maximum absolute atomic E-state index is 9.56. The van der Waals surface area contributed by atoms with Crippen molar-refractivity contribution in [3.63, 3.8) is 0 Å². The summed E-state index contributed by atoms with van der Waals surface area (Å²) in [6.07, 6.45) is 0. The lowest BCUT2D eigenvalue weighted by Gasteiger charge is -1.96. The SMILES string of the molecule is Cn1c(=NN)sc2cccc(O)c21. The molecule has 0 bridgehead atoms. The van der Waals surface area contributed by atoms with Crippen molar-refractivity contribution in [3.8, 4) is 5.75 Å². The van der Waals surface area contributed by atoms with E-state index in [2.05, 4.69) is 5.10 Å². The second-order valence-corrected chi connectivity index (χ2v) is 3.71. The maximum atomic E-state index is 9.56. The third-order valence-electron chi connectivity index (χ3n) is 1.91. The Balaban J connectivity index is 3.02. The molecular weight excluding hydrogens is 186 g/mol. The van der Waals surface area contributed by atoms with Gasteiger partial charge >= 0.3 is 0 Å². The molecule has 0 spiro atoms. The number of thiazole rings is 1. The van der Waals surface area contributed by atoms with Crippen molar-refractivity contribution in [3.05, 3.63) is 23.0 Å². The van der Waals surface area contributed by atoms with E-state index in [1.54, 1.807) is 16.7 Å². The topological polar surface area (TPSA) is 63.5 Å². The van der Waals surface area contributed by atoms with Gasteiger partial charge in [-0.3, -0.25) is 0 Å². The molecule has 0 radical (unpaired) electrons. The summed E-state index contributed by atoms with van der Waals surface area (Å²) in [6.45, 7) is 0. The zero-order chi connectivity index (χ0) is 9.42. The Kier molecular flexibility index (Phi) is 1.73. The zero-order valence-electron chi connectivity index (χ0n) is 7.06. The number of para-hydroxylation sites is 1. The van der Waals surface area contributed by atoms with Crippen molar-refractivity contribution < 1.29 is 5.11 Å². The van der Waals surface area contributed by atoms with Crippen LogP contribution in [-0.4, -0.2) is 9.67 Å². The number of rotatable bonds is 0. The number of hydrogen-bond acceptors (Lipinski definition) is 4. The number of hydrogen-bond donors (Lipinski definition) is 2. The van der Waals surface area contributed by atoms with E-state index < -0.39 is 0 Å². The van der Waals surface area contributed by atoms with Crippen LogP contribution in [0.25, 0.3) is 10.2 Å². The first kappa shape index (κ1) is 8.12. The lowest BCUT2D eigenvalue weighted by atomic mass is 10.3. The van der Waals surface area contributed by atoms with E-state index in [1.165, 1.54) is 11.3 Å². The molecule has 0 atom stereocenters. The second kappa shape index (κ2) is 2.77. The Morgan fingerprint density at radius 2 is 2.31 bits per heavy atom. The number of phenols is 1. The van der Waals surface area contributed by atoms with Gasteiger partial charge in [0.05, 0.1) is 4.70 Å². The van der Waals surface area contributed by atoms with E-state index in [0.29, 0.717) is 4.80 Å². The molecule has 4 nitrogen and oxygen atoms in total. The Bertz CT molecular complexity index is 512. The Labute approximate surface area is 78.5 Å². The molecule has 0 saturated heterocycles. The highest BCUT2D eigenvalue weighted by atomic mass is 32.1. The van der Waals surface area contributed by atoms with Crippen LogP contribution in [0, 0.1) is 0 Å². The quantitative estimate of drug-likeness (QED) is 0.480. The standard InChI is InChI=1S/C8H9N3OS/c1-11-7-5(12)3-2-4-6(7)13-8(11)10-9/h2-4,12H,9H2,1H3. The molecule has 0 aliphatic rings. The van der Waals surface area contributed by atoms with Crippen LogP contribution in [0.4, 0.5) is 0 Å². The van der Waals surface area contributed by atoms with Gasteiger partial charge in [0.25, 0.3) is 0 Å². The fourth-order valence-electron chi connectivity index (χ4n) is 1.31. The van der Waals surface area contributed by atoms with Gasteiger partial charge in [0.1, 0.15) is 11.3 Å². The molecule has 0 saturated carbocycles. The molecule has 5 heteroatoms. The Morgan fingerprint density at radius 1 is 1.54 bits per heavy atom. The lowest BCUT2D eigenvalue weighted by molar-refractivity contribution is 0.478. The van der Waals surface area contributed by atoms with Crippen molar-refractivity contribution >= 4 is 21.6 Å². The van der Waals surface area contributed by atoms with Gasteiger partial charge in [0.2, 0.25) is 4.80 Å². The van der Waals surface area contributed by atoms with Crippen LogP contribution in [0.15, 0.2) is 23.3 Å². The first-order valence-electron chi connectivity index (χ1n) is 3.75. The molecule has 2 aromatic rings. The Morgan fingerprint density at radius 3 is 2.92 bits per heavy atom. The summed E-state index contributed by atoms with van der Waals surface area (Å²) < 4.78 is 2.75. The van der Waals surface area contributed by atoms with E-state index in [1.807, 2.05) is 13.1 Å². The largest absolute Gasteiger partial charge is 0.506 e. The van der Waals surface area contributed by atoms with Crippen LogP contribution in [-0.2, 0) is 7.05 Å². The summed E-state index contributed by atoms with van der Waals surface area (Å²) in [7, 11) is 1.82. The van der Waals surface area contributed by atoms with E-state index in [-0.39, 0.29) is 5.75 Å². The van der Waals surface area contributed by atoms with Crippen molar-refractivity contribution in [2.75, 3.05) is 0 Å². The average molecular weight is 195 g/mol. The smallest absolute Gasteiger partial charge is 0.208 e. The zero-order valence-corrected chi connectivity index (χ0v) is 7.88. The monoisotopic (exact) mass is 195 g/mol. The van der Waals surface area contributed by atoms with Gasteiger partial charge in [-0.1, -0.05) is 17.4 Å². The molecular formula is C8H9N3OS. The molecule has 2 rings (SSSR count). The molecule has 68 valence electrons. The number of aryl methyl sites for hydroxylation is 1. The van der Waals surface area contributed by atoms with Crippen LogP contribution < -0.4 is 10.6 Å². The lowest BCUT2D eigenvalue weighted by Crippen LogP contribution is -2.12. The predicted octanol–water partition coefficient (Wildman–Crippen LogP) is 0.720. The summed E-state index contributed by atoms with van der Waals surface area (Å²) >= 11 is 1.45. The summed E-state index contributed by atoms with van der Waals surface area (Å²) in [4.78, 5) is 0.691. The molecule has 3 N–H and O–H groups in total. The molecule has 0 amide bonds. The summed E-state index contributed by atoms with van der Waals surface area (Å²) in [5.41, 5.74) is 0.775. The summed E-state index contributed by atoms with van der Waals surface area (Å²) in [6, 6.07) is 5.37. The molecule has 0 aliphatic carbocycles. The number of nitrogens with zero attached hydrogens (tertiary/aromatic N) is 2. The molecule has 1 heterocycles. The van der Waals surface area contributed by atoms with Crippen LogP contribution in [0.5, 0.6) is 5.75 Å². The van der Waals surface area contributed by atoms with Gasteiger partial charge in [0, 0.05) is 7.05 Å². The summed E-state index contributed by atoms with van der Waals surface area (Å²) in [5, 5.41) is 13.2. The number of benzene rings is 1. The number of aromatic hydroxyl groups is 1. The van der Waals surface area contributed by atoms with Crippen molar-refractivity contribution in [2.24, 2.45) is 18.0 Å². The van der Waals surface area contributed by atoms with Crippen molar-refractivity contribution in [1.29, 1.82) is 0 Å². The maximum Gasteiger partial charge on any atom is 0.208 e. The minimum absolute atomic E-state index is 0.256. The second-order valence-electron chi connectivity index (χ2n) is 2.70. The summed E-state index contributed by atoms with van der Waals surface area (Å²) in [5.74, 6) is 5.45. The highest BCUT2D eigenvalue weighted by Gasteiger charge is 2.05. The minimum Gasteiger partial charge on any atom is -0.506 e. The molecule has 0 fully saturated rings. The minimum atomic E-state index is 0.256. The van der Waals surface area contributed by atoms with Crippen LogP contribution in [0.3, 0.4) is 0 Å². The number of nitrogens with two attached hydrogens (primary N) is 1. The van der Waals surface area contributed by atoms with Gasteiger partial charge in [0.15, 0.2) is 0 Å². The number of phenolic OH excluding ortho intramolecular Hbond substituents is 1. The van der Waals surface area contributed by atoms with Gasteiger partial charge in [-0.15, -0.1) is 0 Å². The van der Waals surface area contributed by atoms with E-state index in [0.717, 1.165) is 10.2 Å². The van der Waals surface area contributed by atoms with Gasteiger partial charge < -0.3 is 15.5 Å². The third-order valence-corrected chi connectivity index (χ3v) is 3.02. The van der Waals surface area contributed by atoms with Crippen molar-refractivity contribution in [2.45, 2.75) is 0 Å². The van der Waals surface area contributed by atoms with Crippen molar-refractivity contribution in [1.82, 2.24) is 4.57 Å². The number of aromatic nitrogens is 1. The first-order valence-corrected chi connectivity index (χ1v) is 4.57. The highest BCUT2D eigenvalue weighted by Crippen LogP contribution is 2.24. The van der Waals surface area contributed by atoms with Crippen LogP contribution >= 0.6 is 11.3 Å².